The molecule has 8 N–H and O–H groups in total. The lowest BCUT2D eigenvalue weighted by Gasteiger charge is -2.23. The van der Waals surface area contributed by atoms with Crippen molar-refractivity contribution < 1.29 is 44.1 Å². The third-order valence-electron chi connectivity index (χ3n) is 3.99. The summed E-state index contributed by atoms with van der Waals surface area (Å²) in [6, 6.07) is -5.21. The molecule has 0 saturated heterocycles. The average Bonchev–Trinajstić information content (AvgIpc) is 2.67. The predicted octanol–water partition coefficient (Wildman–Crippen LogP) is -2.03. The number of carbonyl (C=O) groups excluding carboxylic acids is 3. The second kappa shape index (κ2) is 14.2. The number of hydrogen-bond donors (Lipinski definition) is 7. The Morgan fingerprint density at radius 1 is 0.839 bits per heavy atom. The number of hydrogen-bond acceptors (Lipinski definition) is 8. The van der Waals surface area contributed by atoms with Crippen LogP contribution in [0.1, 0.15) is 32.6 Å². The van der Waals surface area contributed by atoms with Gasteiger partial charge in [-0.25, -0.2) is 4.79 Å². The first-order valence-corrected chi connectivity index (χ1v) is 10.6. The summed E-state index contributed by atoms with van der Waals surface area (Å²) < 4.78 is 0. The summed E-state index contributed by atoms with van der Waals surface area (Å²) in [5, 5.41) is 33.2. The van der Waals surface area contributed by atoms with Gasteiger partial charge in [0.1, 0.15) is 18.1 Å². The Morgan fingerprint density at radius 3 is 1.90 bits per heavy atom. The molecule has 176 valence electrons. The first kappa shape index (κ1) is 28.1. The molecular formula is C17H28N4O9S. The number of nitrogens with two attached hydrogens (primary N) is 1. The van der Waals surface area contributed by atoms with Crippen LogP contribution in [-0.4, -0.2) is 87.1 Å². The van der Waals surface area contributed by atoms with Crippen LogP contribution < -0.4 is 21.7 Å². The minimum Gasteiger partial charge on any atom is -0.481 e. The second-order valence-corrected chi connectivity index (χ2v) is 7.59. The summed E-state index contributed by atoms with van der Waals surface area (Å²) in [5.74, 6) is -6.22. The van der Waals surface area contributed by atoms with Gasteiger partial charge < -0.3 is 37.0 Å². The van der Waals surface area contributed by atoms with Gasteiger partial charge in [-0.15, -0.1) is 0 Å². The van der Waals surface area contributed by atoms with Crippen LogP contribution in [0.15, 0.2) is 0 Å². The molecule has 0 aromatic heterocycles. The highest BCUT2D eigenvalue weighted by atomic mass is 32.2. The van der Waals surface area contributed by atoms with E-state index in [4.69, 9.17) is 21.1 Å². The van der Waals surface area contributed by atoms with E-state index in [0.717, 1.165) is 0 Å². The van der Waals surface area contributed by atoms with E-state index in [1.165, 1.54) is 18.7 Å². The zero-order chi connectivity index (χ0) is 24.1. The molecule has 14 heteroatoms. The van der Waals surface area contributed by atoms with Crippen molar-refractivity contribution in [3.05, 3.63) is 0 Å². The van der Waals surface area contributed by atoms with Gasteiger partial charge >= 0.3 is 17.9 Å². The van der Waals surface area contributed by atoms with Crippen molar-refractivity contribution in [1.29, 1.82) is 0 Å². The molecule has 0 spiro atoms. The number of amides is 3. The van der Waals surface area contributed by atoms with Crippen molar-refractivity contribution in [2.45, 2.75) is 56.8 Å². The van der Waals surface area contributed by atoms with E-state index in [1.54, 1.807) is 0 Å². The number of nitrogens with one attached hydrogen (secondary N) is 3. The monoisotopic (exact) mass is 464 g/mol. The molecule has 0 aromatic carbocycles. The molecule has 13 nitrogen and oxygen atoms in total. The molecule has 0 aliphatic carbocycles. The summed E-state index contributed by atoms with van der Waals surface area (Å²) in [6.45, 7) is 1.32. The molecule has 0 fully saturated rings. The second-order valence-electron chi connectivity index (χ2n) is 6.61. The Hall–Kier alpha value is -2.87. The van der Waals surface area contributed by atoms with E-state index >= 15 is 0 Å². The van der Waals surface area contributed by atoms with Crippen molar-refractivity contribution in [2.75, 3.05) is 12.0 Å². The molecule has 4 unspecified atom stereocenters. The van der Waals surface area contributed by atoms with E-state index in [2.05, 4.69) is 10.6 Å². The van der Waals surface area contributed by atoms with Gasteiger partial charge in [-0.3, -0.25) is 24.0 Å². The largest absolute Gasteiger partial charge is 0.481 e. The van der Waals surface area contributed by atoms with Crippen molar-refractivity contribution in [1.82, 2.24) is 16.0 Å². The van der Waals surface area contributed by atoms with Crippen LogP contribution in [0.4, 0.5) is 0 Å². The summed E-state index contributed by atoms with van der Waals surface area (Å²) >= 11 is 1.49. The van der Waals surface area contributed by atoms with E-state index in [1.807, 2.05) is 11.6 Å². The van der Waals surface area contributed by atoms with Crippen LogP contribution in [0.3, 0.4) is 0 Å². The Bertz CT molecular complexity index is 689. The average molecular weight is 464 g/mol. The maximum atomic E-state index is 12.4. The third-order valence-corrected chi connectivity index (χ3v) is 4.64. The van der Waals surface area contributed by atoms with E-state index in [0.29, 0.717) is 12.2 Å². The smallest absolute Gasteiger partial charge is 0.326 e. The zero-order valence-electron chi connectivity index (χ0n) is 17.1. The summed E-state index contributed by atoms with van der Waals surface area (Å²) in [4.78, 5) is 69.5. The highest BCUT2D eigenvalue weighted by Crippen LogP contribution is 2.03. The van der Waals surface area contributed by atoms with Crippen molar-refractivity contribution >= 4 is 47.4 Å². The van der Waals surface area contributed by atoms with Crippen molar-refractivity contribution in [2.24, 2.45) is 5.73 Å². The minimum absolute atomic E-state index is 0.380. The molecule has 3 amide bonds. The molecule has 0 rings (SSSR count). The van der Waals surface area contributed by atoms with Crippen LogP contribution >= 0.6 is 11.8 Å². The maximum absolute atomic E-state index is 12.4. The fourth-order valence-corrected chi connectivity index (χ4v) is 2.73. The van der Waals surface area contributed by atoms with Gasteiger partial charge in [-0.05, 0) is 31.8 Å². The Balaban J connectivity index is 5.15. The molecule has 0 bridgehead atoms. The molecule has 0 aromatic rings. The molecule has 0 saturated carbocycles. The Labute approximate surface area is 182 Å². The Morgan fingerprint density at radius 2 is 1.42 bits per heavy atom. The standard InChI is InChI=1S/C17H28N4O9S/c1-8(19-15(27)9(18)5-6-31-2)14(26)20-10(3-4-12(22)23)16(28)21-11(17(29)30)7-13(24)25/h8-11H,3-7,18H2,1-2H3,(H,19,27)(H,20,26)(H,21,28)(H,22,23)(H,24,25)(H,29,30). The highest BCUT2D eigenvalue weighted by Gasteiger charge is 2.30. The number of thioether (sulfide) groups is 1. The van der Waals surface area contributed by atoms with Crippen LogP contribution in [0, 0.1) is 0 Å². The van der Waals surface area contributed by atoms with Gasteiger partial charge in [-0.2, -0.15) is 11.8 Å². The van der Waals surface area contributed by atoms with Gasteiger partial charge in [0.25, 0.3) is 0 Å². The highest BCUT2D eigenvalue weighted by molar-refractivity contribution is 7.98. The van der Waals surface area contributed by atoms with Crippen LogP contribution in [0.5, 0.6) is 0 Å². The number of carboxylic acids is 3. The van der Waals surface area contributed by atoms with Crippen LogP contribution in [-0.2, 0) is 28.8 Å². The number of aliphatic carboxylic acids is 3. The molecule has 0 heterocycles. The van der Waals surface area contributed by atoms with Gasteiger partial charge in [0.2, 0.25) is 17.7 Å². The van der Waals surface area contributed by atoms with Crippen LogP contribution in [0.2, 0.25) is 0 Å². The maximum Gasteiger partial charge on any atom is 0.326 e. The normalized spacial score (nSPS) is 14.4. The topological polar surface area (TPSA) is 225 Å². The zero-order valence-corrected chi connectivity index (χ0v) is 17.9. The summed E-state index contributed by atoms with van der Waals surface area (Å²) in [6.07, 6.45) is 0.385. The first-order valence-electron chi connectivity index (χ1n) is 9.21. The minimum atomic E-state index is -1.78. The van der Waals surface area contributed by atoms with Gasteiger partial charge in [0, 0.05) is 6.42 Å². The summed E-state index contributed by atoms with van der Waals surface area (Å²) in [5.41, 5.74) is 5.72. The number of carbonyl (C=O) groups is 6. The van der Waals surface area contributed by atoms with Crippen molar-refractivity contribution in [3.8, 4) is 0 Å². The quantitative estimate of drug-likeness (QED) is 0.140. The van der Waals surface area contributed by atoms with Crippen molar-refractivity contribution in [3.63, 3.8) is 0 Å². The number of carboxylic acid groups (broad SMARTS) is 3. The third kappa shape index (κ3) is 11.8. The fourth-order valence-electron chi connectivity index (χ4n) is 2.24. The summed E-state index contributed by atoms with van der Waals surface area (Å²) in [7, 11) is 0. The first-order chi connectivity index (χ1) is 14.4. The van der Waals surface area contributed by atoms with E-state index in [-0.39, 0.29) is 6.42 Å². The molecule has 0 aliphatic heterocycles. The lowest BCUT2D eigenvalue weighted by molar-refractivity contribution is -0.147. The molecular weight excluding hydrogens is 436 g/mol. The number of rotatable bonds is 15. The SMILES string of the molecule is CSCCC(N)C(=O)NC(C)C(=O)NC(CCC(=O)O)C(=O)NC(CC(=O)O)C(=O)O. The lowest BCUT2D eigenvalue weighted by atomic mass is 10.1. The van der Waals surface area contributed by atoms with Gasteiger partial charge in [0.15, 0.2) is 0 Å². The lowest BCUT2D eigenvalue weighted by Crippen LogP contribution is -2.56. The van der Waals surface area contributed by atoms with E-state index < -0.39 is 72.6 Å². The molecule has 4 atom stereocenters. The molecule has 0 aliphatic rings. The van der Waals surface area contributed by atoms with Gasteiger partial charge in [-0.1, -0.05) is 0 Å². The molecule has 31 heavy (non-hydrogen) atoms. The fraction of sp³-hybridized carbons (Fsp3) is 0.647. The van der Waals surface area contributed by atoms with E-state index in [9.17, 15) is 28.8 Å². The van der Waals surface area contributed by atoms with Crippen LogP contribution in [0.25, 0.3) is 0 Å². The molecule has 0 radical (unpaired) electrons. The predicted molar refractivity (Wildman–Crippen MR) is 109 cm³/mol. The van der Waals surface area contributed by atoms with Gasteiger partial charge in [0.05, 0.1) is 12.5 Å². The Kier molecular flexibility index (Phi) is 12.9.